The Kier molecular flexibility index (Phi) is 5.21. The lowest BCUT2D eigenvalue weighted by Crippen LogP contribution is -2.00. The van der Waals surface area contributed by atoms with Crippen molar-refractivity contribution in [2.45, 2.75) is 30.4 Å². The molecule has 0 saturated carbocycles. The van der Waals surface area contributed by atoms with Gasteiger partial charge < -0.3 is 0 Å². The number of nitrogens with zero attached hydrogens (tertiary/aromatic N) is 1. The molecule has 0 fully saturated rings. The summed E-state index contributed by atoms with van der Waals surface area (Å²) in [6, 6.07) is 7.94. The minimum atomic E-state index is 0.637. The highest BCUT2D eigenvalue weighted by Crippen LogP contribution is 2.26. The van der Waals surface area contributed by atoms with E-state index in [0.717, 1.165) is 5.69 Å². The van der Waals surface area contributed by atoms with Crippen molar-refractivity contribution in [1.29, 1.82) is 0 Å². The number of nitrogens with one attached hydrogen (secondary N) is 1. The van der Waals surface area contributed by atoms with E-state index in [1.807, 2.05) is 41.5 Å². The van der Waals surface area contributed by atoms with Gasteiger partial charge in [-0.05, 0) is 30.7 Å². The van der Waals surface area contributed by atoms with Crippen molar-refractivity contribution in [2.75, 3.05) is 0 Å². The number of hydroxylamine groups is 1. The Labute approximate surface area is 94.6 Å². The van der Waals surface area contributed by atoms with Crippen LogP contribution in [0.5, 0.6) is 0 Å². The van der Waals surface area contributed by atoms with Gasteiger partial charge in [0.05, 0.1) is 5.69 Å². The van der Waals surface area contributed by atoms with Crippen molar-refractivity contribution in [1.82, 2.24) is 5.48 Å². The lowest BCUT2D eigenvalue weighted by molar-refractivity contribution is 0.240. The zero-order valence-corrected chi connectivity index (χ0v) is 9.79. The molecule has 1 rings (SSSR count). The normalized spacial score (nSPS) is 13.0. The smallest absolute Gasteiger partial charge is 0.113 e. The van der Waals surface area contributed by atoms with Crippen molar-refractivity contribution < 1.29 is 5.21 Å². The molecule has 0 aliphatic carbocycles. The van der Waals surface area contributed by atoms with Crippen LogP contribution in [0.1, 0.15) is 20.3 Å². The van der Waals surface area contributed by atoms with Gasteiger partial charge in [0, 0.05) is 10.1 Å². The van der Waals surface area contributed by atoms with Gasteiger partial charge in [-0.15, -0.1) is 11.8 Å². The monoisotopic (exact) mass is 224 g/mol. The maximum atomic E-state index is 8.33. The van der Waals surface area contributed by atoms with Gasteiger partial charge in [-0.1, -0.05) is 13.8 Å². The molecule has 0 aliphatic heterocycles. The van der Waals surface area contributed by atoms with Crippen molar-refractivity contribution in [3.63, 3.8) is 0 Å². The summed E-state index contributed by atoms with van der Waals surface area (Å²) in [5.41, 5.74) is 2.70. The molecule has 0 heterocycles. The molecular formula is C11H16N2OS. The molecule has 0 spiro atoms. The largest absolute Gasteiger partial charge is 0.290 e. The van der Waals surface area contributed by atoms with Crippen LogP contribution in [0.4, 0.5) is 5.69 Å². The molecule has 1 atom stereocenters. The second kappa shape index (κ2) is 6.48. The first-order valence-electron chi connectivity index (χ1n) is 4.95. The van der Waals surface area contributed by atoms with Crippen LogP contribution >= 0.6 is 11.8 Å². The van der Waals surface area contributed by atoms with Gasteiger partial charge in [0.1, 0.15) is 6.34 Å². The molecular weight excluding hydrogens is 208 g/mol. The SMILES string of the molecule is CCC(C)Sc1ccc(N=CNO)cc1. The fourth-order valence-electron chi connectivity index (χ4n) is 1.03. The van der Waals surface area contributed by atoms with Gasteiger partial charge >= 0.3 is 0 Å². The molecule has 1 aromatic rings. The molecule has 0 amide bonds. The molecule has 1 unspecified atom stereocenters. The average molecular weight is 224 g/mol. The van der Waals surface area contributed by atoms with Crippen molar-refractivity contribution in [3.8, 4) is 0 Å². The second-order valence-electron chi connectivity index (χ2n) is 3.22. The number of benzene rings is 1. The van der Waals surface area contributed by atoms with Gasteiger partial charge in [0.25, 0.3) is 0 Å². The minimum Gasteiger partial charge on any atom is -0.290 e. The Morgan fingerprint density at radius 3 is 2.67 bits per heavy atom. The number of aliphatic imine (C=N–C) groups is 1. The van der Waals surface area contributed by atoms with E-state index in [-0.39, 0.29) is 0 Å². The highest BCUT2D eigenvalue weighted by Gasteiger charge is 2.00. The van der Waals surface area contributed by atoms with Crippen LogP contribution < -0.4 is 5.48 Å². The average Bonchev–Trinajstić information content (AvgIpc) is 2.28. The van der Waals surface area contributed by atoms with Crippen molar-refractivity contribution >= 4 is 23.8 Å². The van der Waals surface area contributed by atoms with Crippen LogP contribution in [-0.2, 0) is 0 Å². The van der Waals surface area contributed by atoms with Gasteiger partial charge in [-0.25, -0.2) is 4.99 Å². The lowest BCUT2D eigenvalue weighted by Gasteiger charge is -2.07. The van der Waals surface area contributed by atoms with Gasteiger partial charge in [-0.2, -0.15) is 0 Å². The Morgan fingerprint density at radius 1 is 1.47 bits per heavy atom. The predicted molar refractivity (Wildman–Crippen MR) is 65.1 cm³/mol. The molecule has 0 saturated heterocycles. The van der Waals surface area contributed by atoms with E-state index in [9.17, 15) is 0 Å². The summed E-state index contributed by atoms with van der Waals surface area (Å²) in [5.74, 6) is 0. The summed E-state index contributed by atoms with van der Waals surface area (Å²) in [5, 5.41) is 8.97. The molecule has 82 valence electrons. The molecule has 1 aromatic carbocycles. The van der Waals surface area contributed by atoms with E-state index in [0.29, 0.717) is 5.25 Å². The summed E-state index contributed by atoms with van der Waals surface area (Å²) in [4.78, 5) is 5.22. The third-order valence-corrected chi connectivity index (χ3v) is 3.30. The Balaban J connectivity index is 2.60. The zero-order chi connectivity index (χ0) is 11.1. The topological polar surface area (TPSA) is 44.6 Å². The highest BCUT2D eigenvalue weighted by molar-refractivity contribution is 7.99. The number of rotatable bonds is 5. The third kappa shape index (κ3) is 4.36. The van der Waals surface area contributed by atoms with Crippen LogP contribution in [0.15, 0.2) is 34.2 Å². The Morgan fingerprint density at radius 2 is 2.13 bits per heavy atom. The van der Waals surface area contributed by atoms with Crippen LogP contribution in [0.2, 0.25) is 0 Å². The zero-order valence-electron chi connectivity index (χ0n) is 8.97. The van der Waals surface area contributed by atoms with E-state index in [4.69, 9.17) is 5.21 Å². The number of thioether (sulfide) groups is 1. The maximum Gasteiger partial charge on any atom is 0.113 e. The van der Waals surface area contributed by atoms with Crippen LogP contribution in [-0.4, -0.2) is 16.8 Å². The molecule has 15 heavy (non-hydrogen) atoms. The Hall–Kier alpha value is -1.00. The predicted octanol–water partition coefficient (Wildman–Crippen LogP) is 3.22. The maximum absolute atomic E-state index is 8.33. The molecule has 0 bridgehead atoms. The van der Waals surface area contributed by atoms with Crippen molar-refractivity contribution in [3.05, 3.63) is 24.3 Å². The highest BCUT2D eigenvalue weighted by atomic mass is 32.2. The second-order valence-corrected chi connectivity index (χ2v) is 4.73. The molecule has 0 radical (unpaired) electrons. The molecule has 4 heteroatoms. The fourth-order valence-corrected chi connectivity index (χ4v) is 1.95. The van der Waals surface area contributed by atoms with E-state index in [1.165, 1.54) is 17.7 Å². The lowest BCUT2D eigenvalue weighted by atomic mass is 10.3. The standard InChI is InChI=1S/C11H16N2OS/c1-3-9(2)15-11-6-4-10(5-7-11)12-8-13-14/h4-9,14H,3H2,1-2H3,(H,12,13). The molecule has 0 aromatic heterocycles. The third-order valence-electron chi connectivity index (χ3n) is 2.02. The van der Waals surface area contributed by atoms with E-state index < -0.39 is 0 Å². The number of hydrogen-bond acceptors (Lipinski definition) is 3. The van der Waals surface area contributed by atoms with E-state index >= 15 is 0 Å². The minimum absolute atomic E-state index is 0.637. The molecule has 2 N–H and O–H groups in total. The summed E-state index contributed by atoms with van der Waals surface area (Å²) >= 11 is 1.86. The molecule has 3 nitrogen and oxygen atoms in total. The van der Waals surface area contributed by atoms with Crippen molar-refractivity contribution in [2.24, 2.45) is 4.99 Å². The summed E-state index contributed by atoms with van der Waals surface area (Å²) in [7, 11) is 0. The molecule has 0 aliphatic rings. The van der Waals surface area contributed by atoms with Gasteiger partial charge in [0.2, 0.25) is 0 Å². The summed E-state index contributed by atoms with van der Waals surface area (Å²) < 4.78 is 0. The Bertz CT molecular complexity index is 311. The first-order chi connectivity index (χ1) is 7.26. The van der Waals surface area contributed by atoms with Crippen LogP contribution in [0.3, 0.4) is 0 Å². The van der Waals surface area contributed by atoms with Gasteiger partial charge in [-0.3, -0.25) is 10.7 Å². The summed E-state index contributed by atoms with van der Waals surface area (Å²) in [6.45, 7) is 4.40. The van der Waals surface area contributed by atoms with E-state index in [2.05, 4.69) is 18.8 Å². The summed E-state index contributed by atoms with van der Waals surface area (Å²) in [6.07, 6.45) is 2.41. The quantitative estimate of drug-likeness (QED) is 0.349. The fraction of sp³-hybridized carbons (Fsp3) is 0.364. The van der Waals surface area contributed by atoms with E-state index in [1.54, 1.807) is 0 Å². The van der Waals surface area contributed by atoms with Crippen LogP contribution in [0, 0.1) is 0 Å². The first kappa shape index (κ1) is 12.1. The van der Waals surface area contributed by atoms with Gasteiger partial charge in [0.15, 0.2) is 0 Å². The van der Waals surface area contributed by atoms with Crippen LogP contribution in [0.25, 0.3) is 0 Å². The first-order valence-corrected chi connectivity index (χ1v) is 5.83. The number of hydrogen-bond donors (Lipinski definition) is 2.